The summed E-state index contributed by atoms with van der Waals surface area (Å²) in [5.74, 6) is -0.522. The minimum atomic E-state index is -0.413. The third-order valence-corrected chi connectivity index (χ3v) is 3.16. The van der Waals surface area contributed by atoms with Crippen molar-refractivity contribution in [2.24, 2.45) is 10.9 Å². The van der Waals surface area contributed by atoms with Gasteiger partial charge in [0.1, 0.15) is 5.82 Å². The first kappa shape index (κ1) is 16.0. The number of carbonyl (C=O) groups excluding carboxylic acids is 1. The standard InChI is InChI=1S/C17H20FNO/c1-5-7-11-19-17(12(3)6-2)16-14(13(4)20)9-8-10-15(16)18/h5,7-12H,1,6H2,2-4H3/b11-7-,19-17?. The molecule has 1 rings (SSSR count). The average molecular weight is 273 g/mol. The zero-order chi connectivity index (χ0) is 15.1. The van der Waals surface area contributed by atoms with Crippen LogP contribution < -0.4 is 0 Å². The summed E-state index contributed by atoms with van der Waals surface area (Å²) in [6, 6.07) is 4.54. The molecule has 0 saturated heterocycles. The Hall–Kier alpha value is -2.03. The molecule has 3 heteroatoms. The van der Waals surface area contributed by atoms with E-state index < -0.39 is 5.82 Å². The molecule has 0 fully saturated rings. The van der Waals surface area contributed by atoms with Crippen molar-refractivity contribution in [2.75, 3.05) is 0 Å². The molecule has 1 atom stereocenters. The Morgan fingerprint density at radius 3 is 2.75 bits per heavy atom. The highest BCUT2D eigenvalue weighted by atomic mass is 19.1. The van der Waals surface area contributed by atoms with E-state index in [0.29, 0.717) is 16.8 Å². The Bertz CT molecular complexity index is 558. The molecule has 0 aromatic heterocycles. The second-order valence-electron chi connectivity index (χ2n) is 4.62. The van der Waals surface area contributed by atoms with Gasteiger partial charge in [-0.05, 0) is 31.4 Å². The first-order valence-corrected chi connectivity index (χ1v) is 6.68. The van der Waals surface area contributed by atoms with E-state index in [9.17, 15) is 9.18 Å². The molecule has 1 aromatic rings. The summed E-state index contributed by atoms with van der Waals surface area (Å²) in [7, 11) is 0. The van der Waals surface area contributed by atoms with E-state index in [0.717, 1.165) is 6.42 Å². The molecule has 0 heterocycles. The Kier molecular flexibility index (Phi) is 6.04. The van der Waals surface area contributed by atoms with Crippen molar-refractivity contribution in [3.63, 3.8) is 0 Å². The lowest BCUT2D eigenvalue weighted by Gasteiger charge is -2.16. The topological polar surface area (TPSA) is 29.4 Å². The van der Waals surface area contributed by atoms with Crippen LogP contribution in [0.3, 0.4) is 0 Å². The predicted octanol–water partition coefficient (Wildman–Crippen LogP) is 4.56. The molecule has 1 unspecified atom stereocenters. The summed E-state index contributed by atoms with van der Waals surface area (Å²) in [6.07, 6.45) is 5.67. The smallest absolute Gasteiger partial charge is 0.160 e. The van der Waals surface area contributed by atoms with Gasteiger partial charge in [0.2, 0.25) is 0 Å². The molecular formula is C17H20FNO. The Morgan fingerprint density at radius 2 is 2.20 bits per heavy atom. The van der Waals surface area contributed by atoms with E-state index in [4.69, 9.17) is 0 Å². The molecule has 2 nitrogen and oxygen atoms in total. The molecule has 0 bridgehead atoms. The first-order valence-electron chi connectivity index (χ1n) is 6.68. The first-order chi connectivity index (χ1) is 9.52. The highest BCUT2D eigenvalue weighted by molar-refractivity contribution is 6.11. The predicted molar refractivity (Wildman–Crippen MR) is 81.7 cm³/mol. The Labute approximate surface area is 119 Å². The van der Waals surface area contributed by atoms with E-state index in [2.05, 4.69) is 11.6 Å². The number of nitrogens with zero attached hydrogens (tertiary/aromatic N) is 1. The molecule has 0 saturated carbocycles. The molecule has 0 radical (unpaired) electrons. The summed E-state index contributed by atoms with van der Waals surface area (Å²) in [6.45, 7) is 8.99. The Morgan fingerprint density at radius 1 is 1.50 bits per heavy atom. The lowest BCUT2D eigenvalue weighted by molar-refractivity contribution is 0.101. The van der Waals surface area contributed by atoms with Crippen LogP contribution in [0.15, 0.2) is 48.1 Å². The van der Waals surface area contributed by atoms with Crippen LogP contribution in [0.4, 0.5) is 4.39 Å². The second kappa shape index (κ2) is 7.53. The van der Waals surface area contributed by atoms with E-state index in [1.165, 1.54) is 13.0 Å². The molecule has 0 aliphatic rings. The van der Waals surface area contributed by atoms with Crippen LogP contribution in [-0.2, 0) is 0 Å². The molecule has 0 amide bonds. The maximum absolute atomic E-state index is 14.2. The summed E-state index contributed by atoms with van der Waals surface area (Å²) in [5.41, 5.74) is 1.27. The van der Waals surface area contributed by atoms with Crippen molar-refractivity contribution in [2.45, 2.75) is 27.2 Å². The van der Waals surface area contributed by atoms with Crippen LogP contribution in [0.5, 0.6) is 0 Å². The summed E-state index contributed by atoms with van der Waals surface area (Å²) in [4.78, 5) is 16.0. The number of aliphatic imine (C=N–C) groups is 1. The number of hydrogen-bond donors (Lipinski definition) is 0. The van der Waals surface area contributed by atoms with Gasteiger partial charge in [-0.1, -0.05) is 38.6 Å². The van der Waals surface area contributed by atoms with Gasteiger partial charge in [-0.3, -0.25) is 9.79 Å². The summed E-state index contributed by atoms with van der Waals surface area (Å²) >= 11 is 0. The van der Waals surface area contributed by atoms with Gasteiger partial charge in [0.25, 0.3) is 0 Å². The van der Waals surface area contributed by atoms with Crippen molar-refractivity contribution in [3.05, 3.63) is 60.1 Å². The zero-order valence-corrected chi connectivity index (χ0v) is 12.2. The van der Waals surface area contributed by atoms with Crippen molar-refractivity contribution < 1.29 is 9.18 Å². The van der Waals surface area contributed by atoms with E-state index in [1.807, 2.05) is 13.8 Å². The van der Waals surface area contributed by atoms with Gasteiger partial charge in [0.15, 0.2) is 5.78 Å². The SMILES string of the molecule is C=C/C=C\N=C(c1c(F)cccc1C(C)=O)C(C)CC. The van der Waals surface area contributed by atoms with Crippen LogP contribution in [0.2, 0.25) is 0 Å². The van der Waals surface area contributed by atoms with Crippen molar-refractivity contribution in [3.8, 4) is 0 Å². The molecule has 0 spiro atoms. The summed E-state index contributed by atoms with van der Waals surface area (Å²) < 4.78 is 14.2. The average Bonchev–Trinajstić information content (AvgIpc) is 2.43. The van der Waals surface area contributed by atoms with E-state index in [-0.39, 0.29) is 11.7 Å². The monoisotopic (exact) mass is 273 g/mol. The van der Waals surface area contributed by atoms with E-state index >= 15 is 0 Å². The maximum atomic E-state index is 14.2. The number of Topliss-reactive ketones (excluding diaryl/α,β-unsaturated/α-hetero) is 1. The van der Waals surface area contributed by atoms with Gasteiger partial charge in [-0.2, -0.15) is 0 Å². The van der Waals surface area contributed by atoms with Gasteiger partial charge in [0.05, 0.1) is 5.71 Å². The van der Waals surface area contributed by atoms with Crippen LogP contribution in [0.1, 0.15) is 43.1 Å². The van der Waals surface area contributed by atoms with Gasteiger partial charge < -0.3 is 0 Å². The quantitative estimate of drug-likeness (QED) is 0.424. The molecule has 0 N–H and O–H groups in total. The van der Waals surface area contributed by atoms with Crippen LogP contribution in [0, 0.1) is 11.7 Å². The fraction of sp³-hybridized carbons (Fsp3) is 0.294. The van der Waals surface area contributed by atoms with Crippen LogP contribution in [0.25, 0.3) is 0 Å². The molecular weight excluding hydrogens is 253 g/mol. The second-order valence-corrected chi connectivity index (χ2v) is 4.62. The molecule has 106 valence electrons. The number of benzene rings is 1. The zero-order valence-electron chi connectivity index (χ0n) is 12.2. The van der Waals surface area contributed by atoms with Gasteiger partial charge in [0, 0.05) is 17.3 Å². The lowest BCUT2D eigenvalue weighted by atomic mass is 9.91. The van der Waals surface area contributed by atoms with Crippen LogP contribution in [-0.4, -0.2) is 11.5 Å². The van der Waals surface area contributed by atoms with Crippen molar-refractivity contribution in [1.82, 2.24) is 0 Å². The number of ketones is 1. The fourth-order valence-electron chi connectivity index (χ4n) is 1.89. The van der Waals surface area contributed by atoms with Crippen molar-refractivity contribution >= 4 is 11.5 Å². The number of halogens is 1. The maximum Gasteiger partial charge on any atom is 0.160 e. The van der Waals surface area contributed by atoms with E-state index in [1.54, 1.807) is 30.5 Å². The Balaban J connectivity index is 3.48. The number of allylic oxidation sites excluding steroid dienone is 2. The molecule has 1 aromatic carbocycles. The normalized spacial score (nSPS) is 13.5. The minimum Gasteiger partial charge on any atom is -0.294 e. The highest BCUT2D eigenvalue weighted by Crippen LogP contribution is 2.21. The fourth-order valence-corrected chi connectivity index (χ4v) is 1.89. The van der Waals surface area contributed by atoms with Gasteiger partial charge in [-0.15, -0.1) is 0 Å². The number of carbonyl (C=O) groups is 1. The summed E-state index contributed by atoms with van der Waals surface area (Å²) in [5, 5.41) is 0. The van der Waals surface area contributed by atoms with Gasteiger partial charge in [-0.25, -0.2) is 4.39 Å². The minimum absolute atomic E-state index is 0.0551. The third kappa shape index (κ3) is 3.73. The third-order valence-electron chi connectivity index (χ3n) is 3.16. The largest absolute Gasteiger partial charge is 0.294 e. The number of hydrogen-bond acceptors (Lipinski definition) is 2. The lowest BCUT2D eigenvalue weighted by Crippen LogP contribution is -2.17. The van der Waals surface area contributed by atoms with Gasteiger partial charge >= 0.3 is 0 Å². The molecule has 20 heavy (non-hydrogen) atoms. The van der Waals surface area contributed by atoms with Crippen LogP contribution >= 0.6 is 0 Å². The number of rotatable bonds is 6. The highest BCUT2D eigenvalue weighted by Gasteiger charge is 2.20. The molecule has 0 aliphatic carbocycles. The molecule has 0 aliphatic heterocycles. The van der Waals surface area contributed by atoms with Crippen molar-refractivity contribution in [1.29, 1.82) is 0 Å².